The number of halogens is 1. The first-order valence-corrected chi connectivity index (χ1v) is 9.06. The molecule has 1 amide bonds. The van der Waals surface area contributed by atoms with Crippen molar-refractivity contribution < 1.29 is 9.18 Å². The minimum atomic E-state index is -0.223. The van der Waals surface area contributed by atoms with Crippen LogP contribution < -0.4 is 4.90 Å². The predicted octanol–water partition coefficient (Wildman–Crippen LogP) is 2.10. The molecule has 0 N–H and O–H groups in total. The second kappa shape index (κ2) is 8.30. The summed E-state index contributed by atoms with van der Waals surface area (Å²) in [5, 5.41) is 8.66. The molecule has 2 heterocycles. The van der Waals surface area contributed by atoms with Gasteiger partial charge in [0.05, 0.1) is 6.07 Å². The lowest BCUT2D eigenvalue weighted by molar-refractivity contribution is -0.137. The third-order valence-electron chi connectivity index (χ3n) is 5.26. The van der Waals surface area contributed by atoms with E-state index in [1.54, 1.807) is 12.1 Å². The van der Waals surface area contributed by atoms with E-state index in [1.165, 1.54) is 12.1 Å². The zero-order chi connectivity index (χ0) is 17.6. The molecule has 0 spiro atoms. The molecule has 1 aromatic carbocycles. The average Bonchev–Trinajstić information content (AvgIpc) is 2.67. The second-order valence-corrected chi connectivity index (χ2v) is 6.81. The van der Waals surface area contributed by atoms with Crippen LogP contribution in [0.25, 0.3) is 0 Å². The topological polar surface area (TPSA) is 50.6 Å². The summed E-state index contributed by atoms with van der Waals surface area (Å²) < 4.78 is 13.0. The molecule has 0 aliphatic carbocycles. The largest absolute Gasteiger partial charge is 0.368 e. The monoisotopic (exact) mass is 344 g/mol. The number of benzene rings is 1. The molecule has 2 saturated heterocycles. The fourth-order valence-electron chi connectivity index (χ4n) is 3.71. The third-order valence-corrected chi connectivity index (χ3v) is 5.26. The molecule has 134 valence electrons. The van der Waals surface area contributed by atoms with E-state index in [2.05, 4.69) is 15.9 Å². The smallest absolute Gasteiger partial charge is 0.225 e. The van der Waals surface area contributed by atoms with Gasteiger partial charge >= 0.3 is 0 Å². The van der Waals surface area contributed by atoms with Gasteiger partial charge < -0.3 is 14.7 Å². The highest BCUT2D eigenvalue weighted by atomic mass is 19.1. The molecule has 0 aromatic heterocycles. The van der Waals surface area contributed by atoms with Crippen LogP contribution in [0.4, 0.5) is 10.1 Å². The molecule has 2 aliphatic rings. The maximum atomic E-state index is 13.0. The second-order valence-electron chi connectivity index (χ2n) is 6.81. The Balaban J connectivity index is 1.46. The molecule has 2 fully saturated rings. The Morgan fingerprint density at radius 3 is 2.32 bits per heavy atom. The van der Waals surface area contributed by atoms with E-state index in [9.17, 15) is 9.18 Å². The Labute approximate surface area is 148 Å². The van der Waals surface area contributed by atoms with E-state index >= 15 is 0 Å². The summed E-state index contributed by atoms with van der Waals surface area (Å²) in [4.78, 5) is 19.2. The van der Waals surface area contributed by atoms with Crippen LogP contribution in [0.15, 0.2) is 24.3 Å². The first-order valence-electron chi connectivity index (χ1n) is 9.06. The summed E-state index contributed by atoms with van der Waals surface area (Å²) in [5.41, 5.74) is 1.01. The van der Waals surface area contributed by atoms with Gasteiger partial charge in [-0.25, -0.2) is 4.39 Å². The number of rotatable bonds is 4. The van der Waals surface area contributed by atoms with E-state index in [-0.39, 0.29) is 17.6 Å². The summed E-state index contributed by atoms with van der Waals surface area (Å²) >= 11 is 0. The highest BCUT2D eigenvalue weighted by Crippen LogP contribution is 2.22. The van der Waals surface area contributed by atoms with Gasteiger partial charge in [0.25, 0.3) is 0 Å². The fraction of sp³-hybridized carbons (Fsp3) is 0.579. The molecule has 0 bridgehead atoms. The Bertz CT molecular complexity index is 611. The van der Waals surface area contributed by atoms with Crippen molar-refractivity contribution in [1.82, 2.24) is 9.80 Å². The standard InChI is InChI=1S/C19H25FN4O/c20-17-2-4-18(5-3-17)23-12-14-24(15-13-23)19(25)16-6-10-22(11-7-16)9-1-8-21/h2-5,16H,1,6-7,9-15H2. The van der Waals surface area contributed by atoms with Crippen LogP contribution in [0.5, 0.6) is 0 Å². The van der Waals surface area contributed by atoms with Crippen LogP contribution in [0, 0.1) is 23.1 Å². The van der Waals surface area contributed by atoms with Gasteiger partial charge in [0, 0.05) is 50.7 Å². The average molecular weight is 344 g/mol. The molecule has 2 aliphatic heterocycles. The molecule has 0 unspecified atom stereocenters. The predicted molar refractivity (Wildman–Crippen MR) is 94.6 cm³/mol. The Kier molecular flexibility index (Phi) is 5.87. The first-order chi connectivity index (χ1) is 12.2. The van der Waals surface area contributed by atoms with E-state index in [0.717, 1.165) is 64.3 Å². The van der Waals surface area contributed by atoms with Crippen molar-refractivity contribution in [3.8, 4) is 6.07 Å². The maximum Gasteiger partial charge on any atom is 0.225 e. The summed E-state index contributed by atoms with van der Waals surface area (Å²) in [6, 6.07) is 8.73. The SMILES string of the molecule is N#CCCN1CCC(C(=O)N2CCN(c3ccc(F)cc3)CC2)CC1. The van der Waals surface area contributed by atoms with Crippen molar-refractivity contribution in [2.75, 3.05) is 50.7 Å². The van der Waals surface area contributed by atoms with Crippen molar-refractivity contribution in [2.45, 2.75) is 19.3 Å². The summed E-state index contributed by atoms with van der Waals surface area (Å²) in [5.74, 6) is 0.174. The molecule has 6 heteroatoms. The summed E-state index contributed by atoms with van der Waals surface area (Å²) in [7, 11) is 0. The van der Waals surface area contributed by atoms with Gasteiger partial charge in [0.15, 0.2) is 0 Å². The molecule has 0 atom stereocenters. The van der Waals surface area contributed by atoms with Gasteiger partial charge in [-0.1, -0.05) is 0 Å². The molecule has 3 rings (SSSR count). The van der Waals surface area contributed by atoms with Gasteiger partial charge in [-0.05, 0) is 50.2 Å². The maximum absolute atomic E-state index is 13.0. The van der Waals surface area contributed by atoms with Crippen LogP contribution in [-0.2, 0) is 4.79 Å². The molecule has 0 saturated carbocycles. The van der Waals surface area contributed by atoms with Crippen molar-refractivity contribution in [3.63, 3.8) is 0 Å². The molecule has 5 nitrogen and oxygen atoms in total. The van der Waals surface area contributed by atoms with Crippen LogP contribution >= 0.6 is 0 Å². The molecular weight excluding hydrogens is 319 g/mol. The number of piperazine rings is 1. The minimum absolute atomic E-state index is 0.121. The number of nitrogens with zero attached hydrogens (tertiary/aromatic N) is 4. The van der Waals surface area contributed by atoms with Crippen molar-refractivity contribution >= 4 is 11.6 Å². The molecule has 25 heavy (non-hydrogen) atoms. The van der Waals surface area contributed by atoms with E-state index in [0.29, 0.717) is 6.42 Å². The van der Waals surface area contributed by atoms with Crippen LogP contribution in [0.1, 0.15) is 19.3 Å². The lowest BCUT2D eigenvalue weighted by atomic mass is 9.95. The van der Waals surface area contributed by atoms with E-state index in [1.807, 2.05) is 4.90 Å². The van der Waals surface area contributed by atoms with Gasteiger partial charge in [0.1, 0.15) is 5.82 Å². The zero-order valence-corrected chi connectivity index (χ0v) is 14.5. The van der Waals surface area contributed by atoms with Gasteiger partial charge in [-0.2, -0.15) is 5.26 Å². The Morgan fingerprint density at radius 2 is 1.72 bits per heavy atom. The number of carbonyl (C=O) groups is 1. The minimum Gasteiger partial charge on any atom is -0.368 e. The third kappa shape index (κ3) is 4.49. The quantitative estimate of drug-likeness (QED) is 0.839. The number of carbonyl (C=O) groups excluding carboxylic acids is 1. The van der Waals surface area contributed by atoms with Gasteiger partial charge in [-0.15, -0.1) is 0 Å². The zero-order valence-electron chi connectivity index (χ0n) is 14.5. The van der Waals surface area contributed by atoms with E-state index < -0.39 is 0 Å². The lowest BCUT2D eigenvalue weighted by Gasteiger charge is -2.39. The van der Waals surface area contributed by atoms with Crippen LogP contribution in [0.3, 0.4) is 0 Å². The number of likely N-dealkylation sites (tertiary alicyclic amines) is 1. The number of hydrogen-bond donors (Lipinski definition) is 0. The lowest BCUT2D eigenvalue weighted by Crippen LogP contribution is -2.51. The summed E-state index contributed by atoms with van der Waals surface area (Å²) in [6.45, 7) is 5.67. The fourth-order valence-corrected chi connectivity index (χ4v) is 3.71. The van der Waals surface area contributed by atoms with Crippen molar-refractivity contribution in [1.29, 1.82) is 5.26 Å². The first kappa shape index (κ1) is 17.7. The number of hydrogen-bond acceptors (Lipinski definition) is 4. The van der Waals surface area contributed by atoms with Gasteiger partial charge in [-0.3, -0.25) is 4.79 Å². The number of amides is 1. The number of anilines is 1. The highest BCUT2D eigenvalue weighted by molar-refractivity contribution is 5.79. The molecule has 0 radical (unpaired) electrons. The van der Waals surface area contributed by atoms with E-state index in [4.69, 9.17) is 5.26 Å². The summed E-state index contributed by atoms with van der Waals surface area (Å²) in [6.07, 6.45) is 2.34. The molecular formula is C19H25FN4O. The highest BCUT2D eigenvalue weighted by Gasteiger charge is 2.30. The Hall–Kier alpha value is -2.13. The van der Waals surface area contributed by atoms with Crippen LogP contribution in [0.2, 0.25) is 0 Å². The number of nitriles is 1. The van der Waals surface area contributed by atoms with Gasteiger partial charge in [0.2, 0.25) is 5.91 Å². The Morgan fingerprint density at radius 1 is 1.08 bits per heavy atom. The normalized spacial score (nSPS) is 19.7. The van der Waals surface area contributed by atoms with Crippen LogP contribution in [-0.4, -0.2) is 61.5 Å². The molecule has 1 aromatic rings. The number of piperidine rings is 1. The van der Waals surface area contributed by atoms with Crippen molar-refractivity contribution in [2.24, 2.45) is 5.92 Å². The van der Waals surface area contributed by atoms with Crippen molar-refractivity contribution in [3.05, 3.63) is 30.1 Å².